The number of halogens is 1. The van der Waals surface area contributed by atoms with Crippen LogP contribution in [0.15, 0.2) is 12.1 Å². The van der Waals surface area contributed by atoms with Gasteiger partial charge in [-0.1, -0.05) is 11.6 Å². The minimum absolute atomic E-state index is 0.0149. The fourth-order valence-electron chi connectivity index (χ4n) is 1.62. The van der Waals surface area contributed by atoms with Crippen LogP contribution in [-0.4, -0.2) is 46.9 Å². The molecular weight excluding hydrogens is 280 g/mol. The predicted octanol–water partition coefficient (Wildman–Crippen LogP) is 1.06. The minimum Gasteiger partial charge on any atom is -0.465 e. The van der Waals surface area contributed by atoms with Crippen molar-refractivity contribution in [3.63, 3.8) is 0 Å². The number of amides is 2. The van der Waals surface area contributed by atoms with Gasteiger partial charge in [-0.3, -0.25) is 14.5 Å². The van der Waals surface area contributed by atoms with Gasteiger partial charge in [0, 0.05) is 0 Å². The van der Waals surface area contributed by atoms with E-state index in [2.05, 4.69) is 5.32 Å². The number of carbonyl (C=O) groups is 3. The lowest BCUT2D eigenvalue weighted by Crippen LogP contribution is -2.40. The van der Waals surface area contributed by atoms with E-state index in [0.29, 0.717) is 9.21 Å². The van der Waals surface area contributed by atoms with Gasteiger partial charge in [-0.2, -0.15) is 0 Å². The Labute approximate surface area is 111 Å². The van der Waals surface area contributed by atoms with Crippen LogP contribution >= 0.6 is 22.9 Å². The van der Waals surface area contributed by atoms with Gasteiger partial charge in [0.05, 0.1) is 22.3 Å². The summed E-state index contributed by atoms with van der Waals surface area (Å²) < 4.78 is 0.477. The van der Waals surface area contributed by atoms with Crippen molar-refractivity contribution in [1.29, 1.82) is 0 Å². The molecule has 2 heterocycles. The number of rotatable bonds is 2. The fraction of sp³-hybridized carbons (Fsp3) is 0.300. The summed E-state index contributed by atoms with van der Waals surface area (Å²) in [5, 5.41) is 11.3. The molecule has 6 nitrogen and oxygen atoms in total. The highest BCUT2D eigenvalue weighted by molar-refractivity contribution is 7.18. The molecule has 2 N–H and O–H groups in total. The van der Waals surface area contributed by atoms with Gasteiger partial charge in [0.25, 0.3) is 5.91 Å². The van der Waals surface area contributed by atoms with Crippen molar-refractivity contribution in [2.45, 2.75) is 6.04 Å². The second-order valence-corrected chi connectivity index (χ2v) is 5.47. The summed E-state index contributed by atoms with van der Waals surface area (Å²) in [6.45, 7) is -0.204. The quantitative estimate of drug-likeness (QED) is 0.852. The summed E-state index contributed by atoms with van der Waals surface area (Å²) in [6.07, 6.45) is -1.17. The maximum Gasteiger partial charge on any atom is 0.407 e. The Morgan fingerprint density at radius 1 is 1.50 bits per heavy atom. The molecule has 0 bridgehead atoms. The highest BCUT2D eigenvalue weighted by Gasteiger charge is 2.34. The number of Topliss-reactive ketones (excluding diaryl/α,β-unsaturated/α-hetero) is 1. The Hall–Kier alpha value is -1.60. The molecule has 1 fully saturated rings. The Balaban J connectivity index is 2.00. The van der Waals surface area contributed by atoms with E-state index in [1.165, 1.54) is 0 Å². The first kappa shape index (κ1) is 12.8. The zero-order valence-corrected chi connectivity index (χ0v) is 10.6. The van der Waals surface area contributed by atoms with Crippen molar-refractivity contribution in [1.82, 2.24) is 10.2 Å². The van der Waals surface area contributed by atoms with Crippen molar-refractivity contribution in [2.24, 2.45) is 0 Å². The van der Waals surface area contributed by atoms with Crippen LogP contribution < -0.4 is 5.32 Å². The normalized spacial score (nSPS) is 19.1. The number of nitrogens with zero attached hydrogens (tertiary/aromatic N) is 1. The average molecular weight is 289 g/mol. The molecule has 1 aromatic heterocycles. The highest BCUT2D eigenvalue weighted by Crippen LogP contribution is 2.21. The van der Waals surface area contributed by atoms with Gasteiger partial charge in [-0.25, -0.2) is 4.79 Å². The van der Waals surface area contributed by atoms with E-state index in [-0.39, 0.29) is 18.9 Å². The number of likely N-dealkylation sites (tertiary alicyclic amines) is 1. The third-order valence-corrected chi connectivity index (χ3v) is 3.74. The van der Waals surface area contributed by atoms with Gasteiger partial charge in [0.1, 0.15) is 6.04 Å². The SMILES string of the molecule is O=C(N[C@H]1CN(C(=O)O)CC1=O)c1ccc(Cl)s1. The number of hydrogen-bond donors (Lipinski definition) is 2. The second-order valence-electron chi connectivity index (χ2n) is 3.76. The fourth-order valence-corrected chi connectivity index (χ4v) is 2.57. The van der Waals surface area contributed by atoms with Crippen molar-refractivity contribution in [3.8, 4) is 0 Å². The summed E-state index contributed by atoms with van der Waals surface area (Å²) in [7, 11) is 0. The number of ketones is 1. The number of hydrogen-bond acceptors (Lipinski definition) is 4. The summed E-state index contributed by atoms with van der Waals surface area (Å²) >= 11 is 6.80. The summed E-state index contributed by atoms with van der Waals surface area (Å²) in [4.78, 5) is 35.3. The molecule has 0 aliphatic carbocycles. The van der Waals surface area contributed by atoms with E-state index in [9.17, 15) is 14.4 Å². The van der Waals surface area contributed by atoms with Crippen LogP contribution in [0.4, 0.5) is 4.79 Å². The third-order valence-electron chi connectivity index (χ3n) is 2.51. The molecule has 1 aliphatic rings. The lowest BCUT2D eigenvalue weighted by atomic mass is 10.2. The lowest BCUT2D eigenvalue weighted by molar-refractivity contribution is -0.118. The van der Waals surface area contributed by atoms with Gasteiger partial charge in [0.2, 0.25) is 0 Å². The van der Waals surface area contributed by atoms with Crippen LogP contribution in [-0.2, 0) is 4.79 Å². The zero-order valence-electron chi connectivity index (χ0n) is 9.05. The molecule has 1 aromatic rings. The smallest absolute Gasteiger partial charge is 0.407 e. The average Bonchev–Trinajstić information content (AvgIpc) is 2.86. The molecule has 1 saturated heterocycles. The summed E-state index contributed by atoms with van der Waals surface area (Å²) in [5.74, 6) is -0.731. The topological polar surface area (TPSA) is 86.7 Å². The zero-order chi connectivity index (χ0) is 13.3. The summed E-state index contributed by atoms with van der Waals surface area (Å²) in [5.41, 5.74) is 0. The van der Waals surface area contributed by atoms with Crippen LogP contribution in [0.5, 0.6) is 0 Å². The van der Waals surface area contributed by atoms with E-state index in [1.54, 1.807) is 12.1 Å². The predicted molar refractivity (Wildman–Crippen MR) is 65.2 cm³/mol. The summed E-state index contributed by atoms with van der Waals surface area (Å²) in [6, 6.07) is 2.35. The van der Waals surface area contributed by atoms with Crippen LogP contribution in [0.25, 0.3) is 0 Å². The first-order valence-electron chi connectivity index (χ1n) is 5.04. The Morgan fingerprint density at radius 2 is 2.22 bits per heavy atom. The molecule has 18 heavy (non-hydrogen) atoms. The first-order chi connectivity index (χ1) is 8.47. The van der Waals surface area contributed by atoms with Crippen LogP contribution in [0, 0.1) is 0 Å². The molecule has 8 heteroatoms. The van der Waals surface area contributed by atoms with Crippen molar-refractivity contribution >= 4 is 40.7 Å². The van der Waals surface area contributed by atoms with Crippen molar-refractivity contribution in [3.05, 3.63) is 21.3 Å². The molecular formula is C10H9ClN2O4S. The van der Waals surface area contributed by atoms with Crippen molar-refractivity contribution in [2.75, 3.05) is 13.1 Å². The molecule has 1 atom stereocenters. The first-order valence-corrected chi connectivity index (χ1v) is 6.23. The third kappa shape index (κ3) is 2.62. The van der Waals surface area contributed by atoms with Gasteiger partial charge < -0.3 is 10.4 Å². The Bertz CT molecular complexity index is 516. The van der Waals surface area contributed by atoms with Gasteiger partial charge in [-0.05, 0) is 12.1 Å². The van der Waals surface area contributed by atoms with Crippen LogP contribution in [0.3, 0.4) is 0 Å². The van der Waals surface area contributed by atoms with Gasteiger partial charge in [-0.15, -0.1) is 11.3 Å². The van der Waals surface area contributed by atoms with E-state index < -0.39 is 18.0 Å². The standard InChI is InChI=1S/C10H9ClN2O4S/c11-8-2-1-7(18-8)9(15)12-5-3-13(10(16)17)4-6(5)14/h1-2,5H,3-4H2,(H,12,15)(H,16,17)/t5-/m0/s1. The largest absolute Gasteiger partial charge is 0.465 e. The van der Waals surface area contributed by atoms with E-state index in [4.69, 9.17) is 16.7 Å². The number of thiophene rings is 1. The highest BCUT2D eigenvalue weighted by atomic mass is 35.5. The van der Waals surface area contributed by atoms with Gasteiger partial charge >= 0.3 is 6.09 Å². The van der Waals surface area contributed by atoms with Crippen LogP contribution in [0.1, 0.15) is 9.67 Å². The monoisotopic (exact) mass is 288 g/mol. The molecule has 2 amide bonds. The second kappa shape index (κ2) is 4.95. The maximum absolute atomic E-state index is 11.8. The van der Waals surface area contributed by atoms with E-state index in [1.807, 2.05) is 0 Å². The molecule has 2 rings (SSSR count). The molecule has 0 spiro atoms. The van der Waals surface area contributed by atoms with Crippen LogP contribution in [0.2, 0.25) is 4.34 Å². The minimum atomic E-state index is -1.17. The molecule has 0 unspecified atom stereocenters. The molecule has 1 aliphatic heterocycles. The molecule has 0 radical (unpaired) electrons. The molecule has 0 aromatic carbocycles. The lowest BCUT2D eigenvalue weighted by Gasteiger charge is -2.11. The Morgan fingerprint density at radius 3 is 2.72 bits per heavy atom. The van der Waals surface area contributed by atoms with E-state index in [0.717, 1.165) is 16.2 Å². The van der Waals surface area contributed by atoms with E-state index >= 15 is 0 Å². The number of carbonyl (C=O) groups excluding carboxylic acids is 2. The maximum atomic E-state index is 11.8. The number of nitrogens with one attached hydrogen (secondary N) is 1. The molecule has 0 saturated carbocycles. The Kier molecular flexibility index (Phi) is 3.53. The van der Waals surface area contributed by atoms with Gasteiger partial charge in [0.15, 0.2) is 5.78 Å². The molecule has 96 valence electrons. The number of carboxylic acid groups (broad SMARTS) is 1. The van der Waals surface area contributed by atoms with Crippen molar-refractivity contribution < 1.29 is 19.5 Å².